The van der Waals surface area contributed by atoms with E-state index in [0.717, 1.165) is 49.3 Å². The van der Waals surface area contributed by atoms with Gasteiger partial charge in [-0.05, 0) is 44.9 Å². The van der Waals surface area contributed by atoms with Gasteiger partial charge in [0.25, 0.3) is 0 Å². The summed E-state index contributed by atoms with van der Waals surface area (Å²) in [5, 5.41) is 13.2. The maximum atomic E-state index is 12.0. The zero-order chi connectivity index (χ0) is 14.8. The molecule has 20 heavy (non-hydrogen) atoms. The number of carbonyl (C=O) groups is 1. The molecule has 1 aliphatic rings. The van der Waals surface area contributed by atoms with Crippen molar-refractivity contribution in [3.63, 3.8) is 0 Å². The summed E-state index contributed by atoms with van der Waals surface area (Å²) >= 11 is 0. The summed E-state index contributed by atoms with van der Waals surface area (Å²) < 4.78 is 0. The molecule has 0 saturated carbocycles. The predicted octanol–water partition coefficient (Wildman–Crippen LogP) is 1.90. The number of rotatable bonds is 3. The molecule has 0 radical (unpaired) electrons. The second kappa shape index (κ2) is 5.94. The number of hydrogen-bond donors (Lipinski definition) is 2. The van der Waals surface area contributed by atoms with Crippen molar-refractivity contribution < 1.29 is 9.90 Å². The van der Waals surface area contributed by atoms with Gasteiger partial charge in [0.1, 0.15) is 5.54 Å². The highest BCUT2D eigenvalue weighted by Crippen LogP contribution is 2.32. The minimum Gasteiger partial charge on any atom is -0.480 e. The first-order valence-electron chi connectivity index (χ1n) is 7.23. The molecule has 1 aromatic carbocycles. The molecule has 4 nitrogen and oxygen atoms in total. The molecule has 0 amide bonds. The van der Waals surface area contributed by atoms with Crippen molar-refractivity contribution in [2.24, 2.45) is 0 Å². The third kappa shape index (κ3) is 2.72. The van der Waals surface area contributed by atoms with Crippen LogP contribution in [0.25, 0.3) is 0 Å². The van der Waals surface area contributed by atoms with Crippen LogP contribution in [0.2, 0.25) is 0 Å². The number of aliphatic carboxylic acids is 1. The van der Waals surface area contributed by atoms with Crippen LogP contribution in [0.4, 0.5) is 0 Å². The highest BCUT2D eigenvalue weighted by Gasteiger charge is 2.42. The smallest absolute Gasteiger partial charge is 0.328 e. The minimum atomic E-state index is -0.956. The van der Waals surface area contributed by atoms with Crippen molar-refractivity contribution >= 4 is 5.97 Å². The van der Waals surface area contributed by atoms with Crippen LogP contribution in [-0.2, 0) is 10.3 Å². The molecule has 0 spiro atoms. The van der Waals surface area contributed by atoms with Gasteiger partial charge in [-0.2, -0.15) is 0 Å². The highest BCUT2D eigenvalue weighted by molar-refractivity contribution is 5.81. The molecule has 1 heterocycles. The van der Waals surface area contributed by atoms with Crippen LogP contribution < -0.4 is 5.32 Å². The van der Waals surface area contributed by atoms with E-state index < -0.39 is 11.5 Å². The Hall–Kier alpha value is -1.39. The van der Waals surface area contributed by atoms with Crippen molar-refractivity contribution in [2.75, 3.05) is 26.2 Å². The van der Waals surface area contributed by atoms with E-state index in [4.69, 9.17) is 0 Å². The van der Waals surface area contributed by atoms with Crippen LogP contribution >= 0.6 is 0 Å². The average molecular weight is 276 g/mol. The third-order valence-electron chi connectivity index (χ3n) is 4.31. The van der Waals surface area contributed by atoms with Gasteiger partial charge >= 0.3 is 5.97 Å². The van der Waals surface area contributed by atoms with Crippen LogP contribution in [0.15, 0.2) is 18.2 Å². The number of carboxylic acid groups (broad SMARTS) is 1. The number of carboxylic acids is 1. The van der Waals surface area contributed by atoms with Crippen molar-refractivity contribution in [1.29, 1.82) is 0 Å². The van der Waals surface area contributed by atoms with E-state index in [9.17, 15) is 9.90 Å². The normalized spacial score (nSPS) is 20.1. The van der Waals surface area contributed by atoms with E-state index >= 15 is 0 Å². The Morgan fingerprint density at radius 2 is 2.05 bits per heavy atom. The van der Waals surface area contributed by atoms with Crippen molar-refractivity contribution in [3.8, 4) is 0 Å². The first-order valence-corrected chi connectivity index (χ1v) is 7.23. The topological polar surface area (TPSA) is 52.6 Å². The second-order valence-corrected chi connectivity index (χ2v) is 5.79. The molecule has 0 aromatic heterocycles. The predicted molar refractivity (Wildman–Crippen MR) is 80.0 cm³/mol. The maximum Gasteiger partial charge on any atom is 0.328 e. The van der Waals surface area contributed by atoms with Gasteiger partial charge < -0.3 is 10.4 Å². The number of benzene rings is 1. The van der Waals surface area contributed by atoms with Crippen molar-refractivity contribution in [1.82, 2.24) is 10.2 Å². The quantitative estimate of drug-likeness (QED) is 0.885. The molecule has 2 N–H and O–H groups in total. The molecule has 0 bridgehead atoms. The van der Waals surface area contributed by atoms with E-state index in [2.05, 4.69) is 10.2 Å². The van der Waals surface area contributed by atoms with Gasteiger partial charge in [-0.3, -0.25) is 4.90 Å². The first-order chi connectivity index (χ1) is 9.46. The lowest BCUT2D eigenvalue weighted by Gasteiger charge is -2.38. The number of aryl methyl sites for hydroxylation is 2. The third-order valence-corrected chi connectivity index (χ3v) is 4.31. The van der Waals surface area contributed by atoms with E-state index in [1.807, 2.05) is 39.0 Å². The summed E-state index contributed by atoms with van der Waals surface area (Å²) in [6.45, 7) is 9.20. The molecule has 110 valence electrons. The van der Waals surface area contributed by atoms with Gasteiger partial charge in [-0.25, -0.2) is 4.79 Å². The molecule has 1 unspecified atom stereocenters. The van der Waals surface area contributed by atoms with Crippen LogP contribution in [0, 0.1) is 13.8 Å². The Balaban J connectivity index is 2.47. The summed E-state index contributed by atoms with van der Waals surface area (Å²) in [6.07, 6.45) is 0.980. The number of hydrogen-bond acceptors (Lipinski definition) is 3. The standard InChI is InChI=1S/C16H24N2O2/c1-12-5-6-13(2)14(11-12)16(3,15(19)20)18-9-4-7-17-8-10-18/h5-6,11,17H,4,7-10H2,1-3H3,(H,19,20). The summed E-state index contributed by atoms with van der Waals surface area (Å²) in [7, 11) is 0. The highest BCUT2D eigenvalue weighted by atomic mass is 16.4. The van der Waals surface area contributed by atoms with E-state index in [0.29, 0.717) is 0 Å². The van der Waals surface area contributed by atoms with Gasteiger partial charge in [0.05, 0.1) is 0 Å². The Morgan fingerprint density at radius 1 is 1.30 bits per heavy atom. The lowest BCUT2D eigenvalue weighted by atomic mass is 9.85. The zero-order valence-electron chi connectivity index (χ0n) is 12.6. The summed E-state index contributed by atoms with van der Waals surface area (Å²) in [6, 6.07) is 6.06. The minimum absolute atomic E-state index is 0.760. The van der Waals surface area contributed by atoms with Crippen LogP contribution in [0.3, 0.4) is 0 Å². The Labute approximate surface area is 120 Å². The van der Waals surface area contributed by atoms with E-state index in [-0.39, 0.29) is 0 Å². The molecule has 1 saturated heterocycles. The monoisotopic (exact) mass is 276 g/mol. The van der Waals surface area contributed by atoms with Crippen molar-refractivity contribution in [2.45, 2.75) is 32.7 Å². The number of nitrogens with zero attached hydrogens (tertiary/aromatic N) is 1. The molecular weight excluding hydrogens is 252 g/mol. The summed E-state index contributed by atoms with van der Waals surface area (Å²) in [5.41, 5.74) is 2.10. The lowest BCUT2D eigenvalue weighted by Crippen LogP contribution is -2.51. The van der Waals surface area contributed by atoms with Crippen LogP contribution in [-0.4, -0.2) is 42.2 Å². The fourth-order valence-electron chi connectivity index (χ4n) is 2.97. The van der Waals surface area contributed by atoms with E-state index in [1.54, 1.807) is 0 Å². The van der Waals surface area contributed by atoms with Gasteiger partial charge in [-0.15, -0.1) is 0 Å². The Morgan fingerprint density at radius 3 is 2.75 bits per heavy atom. The second-order valence-electron chi connectivity index (χ2n) is 5.79. The van der Waals surface area contributed by atoms with Crippen LogP contribution in [0.5, 0.6) is 0 Å². The molecule has 1 fully saturated rings. The molecule has 2 rings (SSSR count). The van der Waals surface area contributed by atoms with Crippen LogP contribution in [0.1, 0.15) is 30.0 Å². The SMILES string of the molecule is Cc1ccc(C)c(C(C)(C(=O)O)N2CCCNCC2)c1. The molecular formula is C16H24N2O2. The molecule has 1 aromatic rings. The van der Waals surface area contributed by atoms with E-state index in [1.165, 1.54) is 0 Å². The Bertz CT molecular complexity index is 493. The lowest BCUT2D eigenvalue weighted by molar-refractivity contribution is -0.151. The number of nitrogens with one attached hydrogen (secondary N) is 1. The summed E-state index contributed by atoms with van der Waals surface area (Å²) in [4.78, 5) is 14.1. The fraction of sp³-hybridized carbons (Fsp3) is 0.562. The van der Waals surface area contributed by atoms with Gasteiger partial charge in [0, 0.05) is 19.6 Å². The fourth-order valence-corrected chi connectivity index (χ4v) is 2.97. The van der Waals surface area contributed by atoms with Crippen molar-refractivity contribution in [3.05, 3.63) is 34.9 Å². The maximum absolute atomic E-state index is 12.0. The van der Waals surface area contributed by atoms with Gasteiger partial charge in [0.2, 0.25) is 0 Å². The molecule has 1 aliphatic heterocycles. The zero-order valence-corrected chi connectivity index (χ0v) is 12.6. The summed E-state index contributed by atoms with van der Waals surface area (Å²) in [5.74, 6) is -0.770. The largest absolute Gasteiger partial charge is 0.480 e. The first kappa shape index (κ1) is 15.0. The average Bonchev–Trinajstić information content (AvgIpc) is 2.69. The molecule has 4 heteroatoms. The van der Waals surface area contributed by atoms with Gasteiger partial charge in [-0.1, -0.05) is 23.8 Å². The molecule has 1 atom stereocenters. The van der Waals surface area contributed by atoms with Gasteiger partial charge in [0.15, 0.2) is 0 Å². The Kier molecular flexibility index (Phi) is 4.45. The molecule has 0 aliphatic carbocycles.